The predicted octanol–water partition coefficient (Wildman–Crippen LogP) is 21.5. The van der Waals surface area contributed by atoms with Gasteiger partial charge >= 0.3 is 11.9 Å². The Balaban J connectivity index is 4.06. The molecule has 9 nitrogen and oxygen atoms in total. The number of rotatable bonds is 68. The van der Waals surface area contributed by atoms with Crippen LogP contribution in [0.4, 0.5) is 0 Å². The van der Waals surface area contributed by atoms with Gasteiger partial charge in [-0.3, -0.25) is 9.59 Å². The standard InChI is InChI=1S/C77H139NO8/c1-6-8-10-12-14-16-18-20-22-24-26-28-30-32-34-35-36-37-38-39-40-41-42-44-46-48-50-52-54-56-58-60-62-64-66-68-75(80)86-73(72-85-77(76(81)82)83-70-69-78(3,4)5)71-84-74(79)67-65-63-61-59-57-55-53-51-49-47-45-43-33-31-29-27-25-23-21-19-17-15-13-11-9-7-2/h8,10,14,16,20,22,26,28,32,34,36-37,73,77H,6-7,9,11-13,15,17-19,21,23-25,27,29-31,33,35,38-72H2,1-5H3/b10-8-,16-14-,22-20-,28-26-,34-32-,37-36-. The molecule has 0 heterocycles. The number of ether oxygens (including phenoxy) is 4. The number of carbonyl (C=O) groups excluding carboxylic acids is 3. The van der Waals surface area contributed by atoms with Crippen LogP contribution in [0.25, 0.3) is 0 Å². The summed E-state index contributed by atoms with van der Waals surface area (Å²) in [5, 5.41) is 11.8. The molecule has 2 atom stereocenters. The van der Waals surface area contributed by atoms with Crippen LogP contribution < -0.4 is 5.11 Å². The first-order valence-electron chi connectivity index (χ1n) is 36.6. The maximum Gasteiger partial charge on any atom is 0.306 e. The predicted molar refractivity (Wildman–Crippen MR) is 366 cm³/mol. The topological polar surface area (TPSA) is 111 Å². The van der Waals surface area contributed by atoms with Gasteiger partial charge in [0.05, 0.1) is 40.3 Å². The van der Waals surface area contributed by atoms with Crippen LogP contribution in [0.15, 0.2) is 72.9 Å². The molecule has 0 aliphatic carbocycles. The lowest BCUT2D eigenvalue weighted by Gasteiger charge is -2.26. The Hall–Kier alpha value is -3.27. The number of hydrogen-bond donors (Lipinski definition) is 0. The van der Waals surface area contributed by atoms with E-state index in [1.54, 1.807) is 0 Å². The van der Waals surface area contributed by atoms with Crippen LogP contribution in [0, 0.1) is 0 Å². The van der Waals surface area contributed by atoms with Gasteiger partial charge in [-0.2, -0.15) is 0 Å². The third-order valence-electron chi connectivity index (χ3n) is 16.2. The van der Waals surface area contributed by atoms with Crippen molar-refractivity contribution >= 4 is 17.9 Å². The summed E-state index contributed by atoms with van der Waals surface area (Å²) in [6.07, 6.45) is 87.1. The molecular weight excluding hydrogens is 1070 g/mol. The van der Waals surface area contributed by atoms with Gasteiger partial charge in [0.15, 0.2) is 12.4 Å². The van der Waals surface area contributed by atoms with Gasteiger partial charge in [0.1, 0.15) is 13.2 Å². The van der Waals surface area contributed by atoms with E-state index < -0.39 is 24.3 Å². The van der Waals surface area contributed by atoms with E-state index in [2.05, 4.69) is 86.8 Å². The number of nitrogens with zero attached hydrogens (tertiary/aromatic N) is 1. The lowest BCUT2D eigenvalue weighted by molar-refractivity contribution is -0.870. The van der Waals surface area contributed by atoms with E-state index in [0.717, 1.165) is 70.6 Å². The van der Waals surface area contributed by atoms with Crippen LogP contribution in [-0.4, -0.2) is 82.3 Å². The summed E-state index contributed by atoms with van der Waals surface area (Å²) in [4.78, 5) is 37.5. The van der Waals surface area contributed by atoms with Gasteiger partial charge in [0, 0.05) is 12.8 Å². The molecule has 0 N–H and O–H groups in total. The molecule has 0 amide bonds. The SMILES string of the molecule is CC/C=C\C/C=C\C/C=C\C/C=C\C/C=C\C/C=C\CCCCCCCCCCCCCCCCCCC(=O)OC(COC(=O)CCCCCCCCCCCCCCCCCCCCCCCCCCCC)COC(OCC[N+](C)(C)C)C(=O)[O-]. The summed E-state index contributed by atoms with van der Waals surface area (Å²) in [6.45, 7) is 4.69. The van der Waals surface area contributed by atoms with E-state index in [4.69, 9.17) is 18.9 Å². The van der Waals surface area contributed by atoms with Crippen LogP contribution in [0.5, 0.6) is 0 Å². The zero-order chi connectivity index (χ0) is 62.6. The molecule has 0 rings (SSSR count). The summed E-state index contributed by atoms with van der Waals surface area (Å²) in [5.41, 5.74) is 0. The molecule has 0 fully saturated rings. The summed E-state index contributed by atoms with van der Waals surface area (Å²) in [7, 11) is 5.94. The highest BCUT2D eigenvalue weighted by Gasteiger charge is 2.22. The highest BCUT2D eigenvalue weighted by Crippen LogP contribution is 2.19. The number of unbranched alkanes of at least 4 members (excludes halogenated alkanes) is 41. The molecular formula is C77H139NO8. The maximum absolute atomic E-state index is 12.9. The summed E-state index contributed by atoms with van der Waals surface area (Å²) in [5.74, 6) is -2.26. The third kappa shape index (κ3) is 68.2. The summed E-state index contributed by atoms with van der Waals surface area (Å²) in [6, 6.07) is 0. The number of likely N-dealkylation sites (N-methyl/N-ethyl adjacent to an activating group) is 1. The van der Waals surface area contributed by atoms with E-state index in [0.29, 0.717) is 23.9 Å². The molecule has 0 spiro atoms. The molecule has 0 aromatic rings. The van der Waals surface area contributed by atoms with Crippen molar-refractivity contribution in [3.05, 3.63) is 72.9 Å². The zero-order valence-electron chi connectivity index (χ0n) is 57.2. The fourth-order valence-electron chi connectivity index (χ4n) is 10.7. The second kappa shape index (κ2) is 67.7. The fraction of sp³-hybridized carbons (Fsp3) is 0.805. The third-order valence-corrected chi connectivity index (χ3v) is 16.2. The Labute approximate surface area is 532 Å². The molecule has 0 aliphatic rings. The Kier molecular flexibility index (Phi) is 65.1. The van der Waals surface area contributed by atoms with E-state index in [-0.39, 0.29) is 32.2 Å². The molecule has 0 saturated heterocycles. The quantitative estimate of drug-likeness (QED) is 0.0195. The van der Waals surface area contributed by atoms with Crippen molar-refractivity contribution in [1.29, 1.82) is 0 Å². The molecule has 0 aromatic heterocycles. The number of esters is 2. The number of carboxylic acid groups (broad SMARTS) is 1. The van der Waals surface area contributed by atoms with Crippen LogP contribution in [0.3, 0.4) is 0 Å². The molecule has 0 aromatic carbocycles. The fourth-order valence-corrected chi connectivity index (χ4v) is 10.7. The van der Waals surface area contributed by atoms with E-state index in [9.17, 15) is 19.5 Å². The Morgan fingerprint density at radius 2 is 0.663 bits per heavy atom. The minimum Gasteiger partial charge on any atom is -0.545 e. The number of hydrogen-bond acceptors (Lipinski definition) is 8. The molecule has 2 unspecified atom stereocenters. The monoisotopic (exact) mass is 1210 g/mol. The molecule has 500 valence electrons. The van der Waals surface area contributed by atoms with Crippen molar-refractivity contribution in [2.75, 3.05) is 47.5 Å². The summed E-state index contributed by atoms with van der Waals surface area (Å²) < 4.78 is 22.8. The molecule has 9 heteroatoms. The van der Waals surface area contributed by atoms with Crippen molar-refractivity contribution in [2.45, 2.75) is 354 Å². The van der Waals surface area contributed by atoms with Crippen LogP contribution in [0.1, 0.15) is 341 Å². The van der Waals surface area contributed by atoms with Crippen molar-refractivity contribution in [3.8, 4) is 0 Å². The molecule has 0 saturated carbocycles. The van der Waals surface area contributed by atoms with Crippen LogP contribution in [0.2, 0.25) is 0 Å². The lowest BCUT2D eigenvalue weighted by Crippen LogP contribution is -2.44. The number of carboxylic acids is 1. The highest BCUT2D eigenvalue weighted by atomic mass is 16.7. The molecule has 0 aliphatic heterocycles. The van der Waals surface area contributed by atoms with E-state index in [1.165, 1.54) is 238 Å². The van der Waals surface area contributed by atoms with Crippen LogP contribution in [-0.2, 0) is 33.3 Å². The van der Waals surface area contributed by atoms with Gasteiger partial charge in [-0.1, -0.05) is 337 Å². The van der Waals surface area contributed by atoms with Gasteiger partial charge in [-0.15, -0.1) is 0 Å². The van der Waals surface area contributed by atoms with Crippen molar-refractivity contribution < 1.29 is 42.9 Å². The second-order valence-corrected chi connectivity index (χ2v) is 25.9. The largest absolute Gasteiger partial charge is 0.545 e. The Bertz CT molecular complexity index is 1640. The van der Waals surface area contributed by atoms with Gasteiger partial charge in [-0.05, 0) is 64.2 Å². The Morgan fingerprint density at radius 1 is 0.360 bits per heavy atom. The minimum atomic E-state index is -1.62. The van der Waals surface area contributed by atoms with Gasteiger partial charge in [0.2, 0.25) is 0 Å². The number of aliphatic carboxylic acids is 1. The maximum atomic E-state index is 12.9. The summed E-state index contributed by atoms with van der Waals surface area (Å²) >= 11 is 0. The average Bonchev–Trinajstić information content (AvgIpc) is 3.64. The van der Waals surface area contributed by atoms with E-state index >= 15 is 0 Å². The second-order valence-electron chi connectivity index (χ2n) is 25.9. The van der Waals surface area contributed by atoms with Crippen molar-refractivity contribution in [2.24, 2.45) is 0 Å². The normalized spacial score (nSPS) is 13.1. The lowest BCUT2D eigenvalue weighted by atomic mass is 10.0. The van der Waals surface area contributed by atoms with Crippen LogP contribution >= 0.6 is 0 Å². The van der Waals surface area contributed by atoms with Gasteiger partial charge in [-0.25, -0.2) is 0 Å². The van der Waals surface area contributed by atoms with Crippen molar-refractivity contribution in [3.63, 3.8) is 0 Å². The minimum absolute atomic E-state index is 0.149. The zero-order valence-corrected chi connectivity index (χ0v) is 57.2. The number of carbonyl (C=O) groups is 3. The van der Waals surface area contributed by atoms with E-state index in [1.807, 2.05) is 21.1 Å². The van der Waals surface area contributed by atoms with Gasteiger partial charge < -0.3 is 33.3 Å². The number of quaternary nitrogens is 1. The first kappa shape index (κ1) is 82.7. The average molecular weight is 1210 g/mol. The van der Waals surface area contributed by atoms with Crippen molar-refractivity contribution in [1.82, 2.24) is 0 Å². The first-order chi connectivity index (χ1) is 42.1. The van der Waals surface area contributed by atoms with Gasteiger partial charge in [0.25, 0.3) is 0 Å². The number of allylic oxidation sites excluding steroid dienone is 12. The molecule has 0 radical (unpaired) electrons. The highest BCUT2D eigenvalue weighted by molar-refractivity contribution is 5.70. The molecule has 0 bridgehead atoms. The smallest absolute Gasteiger partial charge is 0.306 e. The molecule has 86 heavy (non-hydrogen) atoms. The Morgan fingerprint density at radius 3 is 0.988 bits per heavy atom. The first-order valence-corrected chi connectivity index (χ1v) is 36.6.